The van der Waals surface area contributed by atoms with Crippen LogP contribution in [0.5, 0.6) is 0 Å². The number of H-pyrrole nitrogens is 1. The van der Waals surface area contributed by atoms with Gasteiger partial charge in [0, 0.05) is 18.2 Å². The third-order valence-electron chi connectivity index (χ3n) is 2.49. The van der Waals surface area contributed by atoms with E-state index >= 15 is 0 Å². The van der Waals surface area contributed by atoms with Crippen LogP contribution in [0.15, 0.2) is 6.20 Å². The summed E-state index contributed by atoms with van der Waals surface area (Å²) >= 11 is 4.26. The van der Waals surface area contributed by atoms with Crippen molar-refractivity contribution < 1.29 is 14.3 Å². The molecule has 2 heterocycles. The molecule has 1 unspecified atom stereocenters. The summed E-state index contributed by atoms with van der Waals surface area (Å²) in [5, 5.41) is 6.34. The smallest absolute Gasteiger partial charge is 0.358 e. The lowest BCUT2D eigenvalue weighted by molar-refractivity contribution is -0.117. The number of rotatable bonds is 3. The predicted octanol–water partition coefficient (Wildman–Crippen LogP) is 0.621. The molecule has 7 heteroatoms. The molecule has 1 fully saturated rings. The van der Waals surface area contributed by atoms with E-state index in [1.807, 2.05) is 0 Å². The molecule has 17 heavy (non-hydrogen) atoms. The summed E-state index contributed by atoms with van der Waals surface area (Å²) in [6, 6.07) is 0. The molecule has 0 radical (unpaired) electrons. The van der Waals surface area contributed by atoms with Crippen LogP contribution in [0.1, 0.15) is 23.8 Å². The number of hydrogen-bond acceptors (Lipinski definition) is 5. The van der Waals surface area contributed by atoms with Gasteiger partial charge in [-0.2, -0.15) is 17.7 Å². The number of nitrogens with zero attached hydrogens (tertiary/aromatic N) is 2. The van der Waals surface area contributed by atoms with E-state index in [-0.39, 0.29) is 23.5 Å². The van der Waals surface area contributed by atoms with E-state index in [1.54, 1.807) is 6.92 Å². The molecule has 1 aliphatic rings. The molecule has 0 aromatic carbocycles. The molecule has 1 saturated heterocycles. The average molecular weight is 255 g/mol. The Labute approximate surface area is 104 Å². The molecule has 1 aromatic rings. The number of carbonyl (C=O) groups is 2. The number of nitrogens with one attached hydrogen (secondary N) is 1. The summed E-state index contributed by atoms with van der Waals surface area (Å²) in [4.78, 5) is 24.8. The van der Waals surface area contributed by atoms with Crippen LogP contribution in [0.2, 0.25) is 0 Å². The highest BCUT2D eigenvalue weighted by Crippen LogP contribution is 2.26. The number of thiol groups is 1. The largest absolute Gasteiger partial charge is 0.461 e. The Morgan fingerprint density at radius 2 is 2.53 bits per heavy atom. The molecule has 1 N–H and O–H groups in total. The normalized spacial score (nSPS) is 19.8. The number of aromatic nitrogens is 2. The molecule has 1 amide bonds. The molecule has 0 aliphatic carbocycles. The summed E-state index contributed by atoms with van der Waals surface area (Å²) in [7, 11) is 0. The van der Waals surface area contributed by atoms with Crippen LogP contribution in [-0.2, 0) is 9.53 Å². The van der Waals surface area contributed by atoms with Gasteiger partial charge in [0.15, 0.2) is 5.69 Å². The molecule has 1 atom stereocenters. The predicted molar refractivity (Wildman–Crippen MR) is 64.3 cm³/mol. The number of amides is 1. The van der Waals surface area contributed by atoms with E-state index in [1.165, 1.54) is 11.1 Å². The van der Waals surface area contributed by atoms with Gasteiger partial charge in [-0.3, -0.25) is 9.89 Å². The molecule has 6 nitrogen and oxygen atoms in total. The van der Waals surface area contributed by atoms with E-state index in [0.717, 1.165) is 0 Å². The Bertz CT molecular complexity index is 446. The Balaban J connectivity index is 2.25. The zero-order chi connectivity index (χ0) is 12.4. The van der Waals surface area contributed by atoms with E-state index < -0.39 is 5.97 Å². The van der Waals surface area contributed by atoms with Crippen molar-refractivity contribution >= 4 is 30.2 Å². The van der Waals surface area contributed by atoms with Crippen molar-refractivity contribution in [3.8, 4) is 0 Å². The van der Waals surface area contributed by atoms with Gasteiger partial charge in [0.05, 0.1) is 18.5 Å². The van der Waals surface area contributed by atoms with E-state index in [2.05, 4.69) is 22.8 Å². The Morgan fingerprint density at radius 3 is 3.12 bits per heavy atom. The maximum atomic E-state index is 11.7. The number of anilines is 1. The van der Waals surface area contributed by atoms with Crippen LogP contribution in [0.3, 0.4) is 0 Å². The van der Waals surface area contributed by atoms with Gasteiger partial charge < -0.3 is 9.64 Å². The highest BCUT2D eigenvalue weighted by Gasteiger charge is 2.32. The molecular weight excluding hydrogens is 242 g/mol. The van der Waals surface area contributed by atoms with Gasteiger partial charge in [0.25, 0.3) is 0 Å². The van der Waals surface area contributed by atoms with Crippen molar-refractivity contribution in [1.29, 1.82) is 0 Å². The summed E-state index contributed by atoms with van der Waals surface area (Å²) in [6.45, 7) is 2.48. The van der Waals surface area contributed by atoms with Gasteiger partial charge in [-0.25, -0.2) is 4.79 Å². The Kier molecular flexibility index (Phi) is 3.37. The van der Waals surface area contributed by atoms with Crippen LogP contribution in [0.25, 0.3) is 0 Å². The van der Waals surface area contributed by atoms with Crippen molar-refractivity contribution in [3.63, 3.8) is 0 Å². The van der Waals surface area contributed by atoms with Crippen molar-refractivity contribution in [3.05, 3.63) is 11.9 Å². The minimum Gasteiger partial charge on any atom is -0.461 e. The second-order valence-electron chi connectivity index (χ2n) is 3.71. The average Bonchev–Trinajstić information content (AvgIpc) is 2.84. The highest BCUT2D eigenvalue weighted by molar-refractivity contribution is 7.81. The zero-order valence-corrected chi connectivity index (χ0v) is 10.2. The monoisotopic (exact) mass is 255 g/mol. The van der Waals surface area contributed by atoms with E-state index in [0.29, 0.717) is 18.7 Å². The van der Waals surface area contributed by atoms with Gasteiger partial charge in [0.1, 0.15) is 0 Å². The summed E-state index contributed by atoms with van der Waals surface area (Å²) in [5.41, 5.74) is 0.674. The van der Waals surface area contributed by atoms with E-state index in [9.17, 15) is 9.59 Å². The molecule has 2 rings (SSSR count). The standard InChI is InChI=1S/C10H13N3O3S/c1-2-16-10(15)9-7(4-11-12-9)13-5-6(17)3-8(13)14/h4,6,17H,2-3,5H2,1H3,(H,11,12). The fraction of sp³-hybridized carbons (Fsp3) is 0.500. The lowest BCUT2D eigenvalue weighted by atomic mass is 10.3. The lowest BCUT2D eigenvalue weighted by Gasteiger charge is -2.14. The summed E-state index contributed by atoms with van der Waals surface area (Å²) in [5.74, 6) is -0.563. The van der Waals surface area contributed by atoms with E-state index in [4.69, 9.17) is 4.74 Å². The van der Waals surface area contributed by atoms with Gasteiger partial charge in [-0.05, 0) is 6.92 Å². The number of aromatic amines is 1. The Morgan fingerprint density at radius 1 is 1.76 bits per heavy atom. The fourth-order valence-corrected chi connectivity index (χ4v) is 2.08. The molecule has 1 aliphatic heterocycles. The lowest BCUT2D eigenvalue weighted by Crippen LogP contribution is -2.26. The summed E-state index contributed by atoms with van der Waals surface area (Å²) < 4.78 is 4.88. The second kappa shape index (κ2) is 4.79. The van der Waals surface area contributed by atoms with Crippen LogP contribution < -0.4 is 4.90 Å². The first-order valence-corrected chi connectivity index (χ1v) is 5.84. The first-order chi connectivity index (χ1) is 8.13. The molecule has 92 valence electrons. The van der Waals surface area contributed by atoms with Crippen molar-refractivity contribution in [2.24, 2.45) is 0 Å². The van der Waals surface area contributed by atoms with Crippen molar-refractivity contribution in [2.75, 3.05) is 18.1 Å². The first-order valence-electron chi connectivity index (χ1n) is 5.32. The fourth-order valence-electron chi connectivity index (χ4n) is 1.76. The number of hydrogen-bond donors (Lipinski definition) is 2. The molecular formula is C10H13N3O3S. The van der Waals surface area contributed by atoms with Gasteiger partial charge >= 0.3 is 5.97 Å². The molecule has 1 aromatic heterocycles. The molecule has 0 saturated carbocycles. The second-order valence-corrected chi connectivity index (χ2v) is 4.44. The third-order valence-corrected chi connectivity index (χ3v) is 2.84. The van der Waals surface area contributed by atoms with Crippen molar-refractivity contribution in [2.45, 2.75) is 18.6 Å². The van der Waals surface area contributed by atoms with Crippen molar-refractivity contribution in [1.82, 2.24) is 10.2 Å². The van der Waals surface area contributed by atoms with Crippen LogP contribution in [-0.4, -0.2) is 40.5 Å². The maximum absolute atomic E-state index is 11.7. The van der Waals surface area contributed by atoms with Crippen LogP contribution in [0, 0.1) is 0 Å². The number of esters is 1. The number of carbonyl (C=O) groups excluding carboxylic acids is 2. The first kappa shape index (κ1) is 12.0. The van der Waals surface area contributed by atoms with Gasteiger partial charge in [-0.1, -0.05) is 0 Å². The quantitative estimate of drug-likeness (QED) is 0.613. The number of ether oxygens (including phenoxy) is 1. The van der Waals surface area contributed by atoms with Gasteiger partial charge in [-0.15, -0.1) is 0 Å². The topological polar surface area (TPSA) is 75.3 Å². The molecule has 0 spiro atoms. The summed E-state index contributed by atoms with van der Waals surface area (Å²) in [6.07, 6.45) is 1.83. The van der Waals surface area contributed by atoms with Crippen LogP contribution in [0.4, 0.5) is 5.69 Å². The SMILES string of the molecule is CCOC(=O)c1[nH]ncc1N1CC(S)CC1=O. The maximum Gasteiger partial charge on any atom is 0.358 e. The minimum atomic E-state index is -0.504. The Hall–Kier alpha value is -1.50. The minimum absolute atomic E-state index is 0.00699. The van der Waals surface area contributed by atoms with Crippen LogP contribution >= 0.6 is 12.6 Å². The molecule has 0 bridgehead atoms. The third kappa shape index (κ3) is 2.28. The zero-order valence-electron chi connectivity index (χ0n) is 9.34. The highest BCUT2D eigenvalue weighted by atomic mass is 32.1. The van der Waals surface area contributed by atoms with Gasteiger partial charge in [0.2, 0.25) is 5.91 Å².